The monoisotopic (exact) mass is 469 g/mol. The summed E-state index contributed by atoms with van der Waals surface area (Å²) in [4.78, 5) is 34.4. The number of fused-ring (bicyclic) bond motifs is 1. The Balaban J connectivity index is 1.55. The molecule has 0 radical (unpaired) electrons. The zero-order chi connectivity index (χ0) is 22.0. The molecule has 0 aliphatic rings. The summed E-state index contributed by atoms with van der Waals surface area (Å²) >= 11 is 4.40. The van der Waals surface area contributed by atoms with E-state index >= 15 is 0 Å². The van der Waals surface area contributed by atoms with Crippen LogP contribution in [0, 0.1) is 0 Å². The largest absolute Gasteiger partial charge is 0.335 e. The van der Waals surface area contributed by atoms with Crippen molar-refractivity contribution in [3.8, 4) is 10.4 Å². The minimum Gasteiger partial charge on any atom is -0.335 e. The predicted molar refractivity (Wildman–Crippen MR) is 131 cm³/mol. The van der Waals surface area contributed by atoms with E-state index < -0.39 is 0 Å². The summed E-state index contributed by atoms with van der Waals surface area (Å²) < 4.78 is 1.56. The quantitative estimate of drug-likeness (QED) is 0.274. The molecular formula is C23H23N3O2S3. The maximum absolute atomic E-state index is 13.1. The van der Waals surface area contributed by atoms with Gasteiger partial charge in [-0.2, -0.15) is 0 Å². The molecule has 0 N–H and O–H groups in total. The molecule has 1 amide bonds. The van der Waals surface area contributed by atoms with Crippen LogP contribution in [0.25, 0.3) is 20.7 Å². The number of rotatable bonds is 7. The van der Waals surface area contributed by atoms with E-state index in [2.05, 4.69) is 0 Å². The van der Waals surface area contributed by atoms with Gasteiger partial charge < -0.3 is 4.90 Å². The van der Waals surface area contributed by atoms with Gasteiger partial charge in [0, 0.05) is 35.5 Å². The van der Waals surface area contributed by atoms with E-state index in [1.165, 1.54) is 23.1 Å². The molecule has 0 unspecified atom stereocenters. The first-order valence-corrected chi connectivity index (χ1v) is 12.7. The summed E-state index contributed by atoms with van der Waals surface area (Å²) in [5, 5.41) is 5.21. The van der Waals surface area contributed by atoms with Gasteiger partial charge in [0.1, 0.15) is 4.83 Å². The number of hydrogen-bond donors (Lipinski definition) is 0. The van der Waals surface area contributed by atoms with E-state index in [1.807, 2.05) is 72.0 Å². The van der Waals surface area contributed by atoms with Crippen LogP contribution in [0.4, 0.5) is 0 Å². The highest BCUT2D eigenvalue weighted by Gasteiger charge is 2.20. The minimum absolute atomic E-state index is 0.0312. The van der Waals surface area contributed by atoms with Crippen LogP contribution in [0.1, 0.15) is 19.4 Å². The first-order valence-electron chi connectivity index (χ1n) is 9.94. The van der Waals surface area contributed by atoms with Crippen LogP contribution in [0.15, 0.2) is 63.2 Å². The third kappa shape index (κ3) is 4.61. The highest BCUT2D eigenvalue weighted by atomic mass is 32.2. The number of thioether (sulfide) groups is 1. The Kier molecular flexibility index (Phi) is 6.60. The van der Waals surface area contributed by atoms with Crippen LogP contribution in [0.2, 0.25) is 0 Å². The molecule has 0 bridgehead atoms. The normalized spacial score (nSPS) is 11.4. The molecule has 8 heteroatoms. The van der Waals surface area contributed by atoms with Crippen molar-refractivity contribution in [2.75, 3.05) is 5.75 Å². The SMILES string of the molecule is CC(C)N(Cc1ccccc1)C(=O)CSc1nc2scc(-c3cccs3)c2c(=O)n1C. The molecule has 0 aliphatic carbocycles. The third-order valence-electron chi connectivity index (χ3n) is 5.03. The van der Waals surface area contributed by atoms with Crippen molar-refractivity contribution in [2.45, 2.75) is 31.6 Å². The van der Waals surface area contributed by atoms with Crippen molar-refractivity contribution in [1.82, 2.24) is 14.5 Å². The number of hydrogen-bond acceptors (Lipinski definition) is 6. The van der Waals surface area contributed by atoms with Gasteiger partial charge in [0.05, 0.1) is 11.1 Å². The Labute approximate surface area is 193 Å². The molecule has 0 aliphatic heterocycles. The number of benzene rings is 1. The van der Waals surface area contributed by atoms with Gasteiger partial charge in [0.25, 0.3) is 5.56 Å². The lowest BCUT2D eigenvalue weighted by atomic mass is 10.2. The van der Waals surface area contributed by atoms with Crippen LogP contribution in [0.3, 0.4) is 0 Å². The van der Waals surface area contributed by atoms with E-state index in [1.54, 1.807) is 23.0 Å². The van der Waals surface area contributed by atoms with E-state index in [0.717, 1.165) is 16.0 Å². The summed E-state index contributed by atoms with van der Waals surface area (Å²) in [6, 6.07) is 14.1. The summed E-state index contributed by atoms with van der Waals surface area (Å²) in [5.41, 5.74) is 1.96. The van der Waals surface area contributed by atoms with Gasteiger partial charge in [-0.1, -0.05) is 48.2 Å². The maximum Gasteiger partial charge on any atom is 0.263 e. The summed E-state index contributed by atoms with van der Waals surface area (Å²) in [5.74, 6) is 0.267. The maximum atomic E-state index is 13.1. The molecule has 0 spiro atoms. The fraction of sp³-hybridized carbons (Fsp3) is 0.261. The van der Waals surface area contributed by atoms with Gasteiger partial charge >= 0.3 is 0 Å². The van der Waals surface area contributed by atoms with Gasteiger partial charge in [-0.3, -0.25) is 14.2 Å². The standard InChI is InChI=1S/C23H23N3O2S3/c1-15(2)26(12-16-8-5-4-6-9-16)19(27)14-31-23-24-21-20(22(28)25(23)3)17(13-30-21)18-10-7-11-29-18/h4-11,13,15H,12,14H2,1-3H3. The first-order chi connectivity index (χ1) is 15.0. The van der Waals surface area contributed by atoms with Crippen molar-refractivity contribution in [3.63, 3.8) is 0 Å². The number of amides is 1. The second kappa shape index (κ2) is 9.38. The fourth-order valence-electron chi connectivity index (χ4n) is 3.34. The van der Waals surface area contributed by atoms with Gasteiger partial charge in [0.2, 0.25) is 5.91 Å². The lowest BCUT2D eigenvalue weighted by Crippen LogP contribution is -2.37. The zero-order valence-electron chi connectivity index (χ0n) is 17.6. The van der Waals surface area contributed by atoms with Gasteiger partial charge in [-0.05, 0) is 30.9 Å². The molecule has 0 fully saturated rings. The molecule has 3 aromatic heterocycles. The van der Waals surface area contributed by atoms with Crippen molar-refractivity contribution in [3.05, 3.63) is 69.1 Å². The molecule has 3 heterocycles. The molecule has 0 atom stereocenters. The van der Waals surface area contributed by atoms with Crippen molar-refractivity contribution in [2.24, 2.45) is 7.05 Å². The molecule has 5 nitrogen and oxygen atoms in total. The fourth-order valence-corrected chi connectivity index (χ4v) is 6.00. The van der Waals surface area contributed by atoms with E-state index in [9.17, 15) is 9.59 Å². The number of carbonyl (C=O) groups is 1. The number of aromatic nitrogens is 2. The van der Waals surface area contributed by atoms with E-state index in [-0.39, 0.29) is 23.3 Å². The number of nitrogens with zero attached hydrogens (tertiary/aromatic N) is 3. The van der Waals surface area contributed by atoms with Crippen LogP contribution in [-0.4, -0.2) is 32.2 Å². The van der Waals surface area contributed by atoms with E-state index in [0.29, 0.717) is 21.9 Å². The Bertz CT molecular complexity index is 1240. The minimum atomic E-state index is -0.0744. The lowest BCUT2D eigenvalue weighted by molar-refractivity contribution is -0.130. The second-order valence-electron chi connectivity index (χ2n) is 7.46. The highest BCUT2D eigenvalue weighted by molar-refractivity contribution is 7.99. The molecule has 4 aromatic rings. The molecular weight excluding hydrogens is 446 g/mol. The first kappa shape index (κ1) is 21.8. The molecule has 0 saturated heterocycles. The van der Waals surface area contributed by atoms with Crippen LogP contribution in [-0.2, 0) is 18.4 Å². The summed E-state index contributed by atoms with van der Waals surface area (Å²) in [6.07, 6.45) is 0. The second-order valence-corrected chi connectivity index (χ2v) is 10.2. The van der Waals surface area contributed by atoms with Crippen LogP contribution >= 0.6 is 34.4 Å². The Hall–Kier alpha value is -2.42. The topological polar surface area (TPSA) is 55.2 Å². The molecule has 160 valence electrons. The number of thiophene rings is 2. The zero-order valence-corrected chi connectivity index (χ0v) is 20.0. The summed E-state index contributed by atoms with van der Waals surface area (Å²) in [6.45, 7) is 4.60. The predicted octanol–water partition coefficient (Wildman–Crippen LogP) is 5.25. The van der Waals surface area contributed by atoms with Crippen molar-refractivity contribution in [1.29, 1.82) is 0 Å². The van der Waals surface area contributed by atoms with Crippen LogP contribution < -0.4 is 5.56 Å². The Morgan fingerprint density at radius 3 is 2.61 bits per heavy atom. The van der Waals surface area contributed by atoms with Gasteiger partial charge in [0.15, 0.2) is 5.16 Å². The highest BCUT2D eigenvalue weighted by Crippen LogP contribution is 2.34. The van der Waals surface area contributed by atoms with Gasteiger partial charge in [-0.15, -0.1) is 22.7 Å². The molecule has 31 heavy (non-hydrogen) atoms. The Morgan fingerprint density at radius 1 is 1.16 bits per heavy atom. The van der Waals surface area contributed by atoms with E-state index in [4.69, 9.17) is 4.98 Å². The third-order valence-corrected chi connectivity index (χ3v) is 7.82. The average molecular weight is 470 g/mol. The van der Waals surface area contributed by atoms with Crippen molar-refractivity contribution >= 4 is 50.6 Å². The molecule has 1 aromatic carbocycles. The number of carbonyl (C=O) groups excluding carboxylic acids is 1. The van der Waals surface area contributed by atoms with Crippen molar-refractivity contribution < 1.29 is 4.79 Å². The summed E-state index contributed by atoms with van der Waals surface area (Å²) in [7, 11) is 1.72. The van der Waals surface area contributed by atoms with Crippen LogP contribution in [0.5, 0.6) is 0 Å². The smallest absolute Gasteiger partial charge is 0.263 e. The molecule has 0 saturated carbocycles. The lowest BCUT2D eigenvalue weighted by Gasteiger charge is -2.27. The Morgan fingerprint density at radius 2 is 1.94 bits per heavy atom. The van der Waals surface area contributed by atoms with Gasteiger partial charge in [-0.25, -0.2) is 4.98 Å². The molecule has 4 rings (SSSR count). The average Bonchev–Trinajstić information content (AvgIpc) is 3.43.